The molecule has 5 aromatic rings. The van der Waals surface area contributed by atoms with Gasteiger partial charge in [-0.1, -0.05) is 91.3 Å². The number of benzene rings is 5. The number of rotatable bonds is 24. The maximum atomic E-state index is 14.2. The van der Waals surface area contributed by atoms with E-state index in [2.05, 4.69) is 32.1 Å². The highest BCUT2D eigenvalue weighted by atomic mass is 19.4. The van der Waals surface area contributed by atoms with Crippen molar-refractivity contribution in [3.8, 4) is 11.1 Å². The van der Waals surface area contributed by atoms with Crippen molar-refractivity contribution in [3.05, 3.63) is 161 Å². The molecule has 93 heavy (non-hydrogen) atoms. The van der Waals surface area contributed by atoms with Crippen LogP contribution in [-0.2, 0) is 58.4 Å². The fraction of sp³-hybridized carbons (Fsp3) is 0.500. The van der Waals surface area contributed by atoms with Gasteiger partial charge in [0.2, 0.25) is 17.7 Å². The first-order chi connectivity index (χ1) is 44.6. The molecule has 5 amide bonds. The van der Waals surface area contributed by atoms with E-state index in [-0.39, 0.29) is 55.6 Å². The van der Waals surface area contributed by atoms with Gasteiger partial charge in [-0.2, -0.15) is 26.3 Å². The predicted molar refractivity (Wildman–Crippen MR) is 336 cm³/mol. The molecule has 0 aromatic heterocycles. The molecule has 5 aliphatic rings. The van der Waals surface area contributed by atoms with E-state index in [4.69, 9.17) is 14.2 Å². The number of carbonyl (C=O) groups excluding carboxylic acids is 5. The normalized spacial score (nSPS) is 19.8. The van der Waals surface area contributed by atoms with Crippen LogP contribution in [0.4, 0.5) is 41.2 Å². The maximum absolute atomic E-state index is 14.2. The fourth-order valence-corrected chi connectivity index (χ4v) is 13.8. The van der Waals surface area contributed by atoms with Crippen molar-refractivity contribution >= 4 is 35.4 Å². The Hall–Kier alpha value is -7.44. The van der Waals surface area contributed by atoms with E-state index in [1.54, 1.807) is 16.8 Å². The summed E-state index contributed by atoms with van der Waals surface area (Å²) in [5, 5.41) is 2.93. The number of likely N-dealkylation sites (N-methyl/N-ethyl adjacent to an activating group) is 2. The summed E-state index contributed by atoms with van der Waals surface area (Å²) < 4.78 is 116. The van der Waals surface area contributed by atoms with E-state index in [9.17, 15) is 54.7 Å². The number of nitrogens with zero attached hydrogens (tertiary/aromatic N) is 7. The summed E-state index contributed by atoms with van der Waals surface area (Å²) in [7, 11) is 3.59. The number of para-hydroxylation sites is 1. The molecule has 0 saturated carbocycles. The first-order valence-corrected chi connectivity index (χ1v) is 32.3. The van der Waals surface area contributed by atoms with Gasteiger partial charge >= 0.3 is 18.4 Å². The first-order valence-electron chi connectivity index (χ1n) is 32.3. The van der Waals surface area contributed by atoms with Gasteiger partial charge < -0.3 is 43.6 Å². The van der Waals surface area contributed by atoms with Crippen LogP contribution in [0.25, 0.3) is 11.1 Å². The van der Waals surface area contributed by atoms with Crippen LogP contribution in [0.1, 0.15) is 102 Å². The zero-order valence-electron chi connectivity index (χ0n) is 52.8. The number of amides is 5. The lowest BCUT2D eigenvalue weighted by Gasteiger charge is -2.44. The van der Waals surface area contributed by atoms with Crippen molar-refractivity contribution in [1.82, 2.24) is 34.3 Å². The summed E-state index contributed by atoms with van der Waals surface area (Å²) in [6.45, 7) is 7.24. The number of likely N-dealkylation sites (tertiary alicyclic amines) is 2. The molecule has 5 aromatic carbocycles. The Balaban J connectivity index is 0.604. The Labute approximate surface area is 538 Å². The highest BCUT2D eigenvalue weighted by Crippen LogP contribution is 2.48. The van der Waals surface area contributed by atoms with E-state index in [1.165, 1.54) is 29.8 Å². The standard InChI is InChI=1S/C70H83F7N8O8/c1-79(30-13-32-84-41-40-83(46-63(84)87)31-12-4-7-20-62(86)80(2)38-39-81-33-25-57(26-34-81)93-66(90)78-60-19-11-9-17-58(60)50-14-5-3-6-15-50)64(88)47-91-61-44-51-16-8-10-18-59(51)67(61)27-35-82(36-28-67)37-29-68(53-21-23-56(71)24-22-53)48-85(49-92-68)65(89)52-42-54(69(72,73)74)45-55(43-52)70(75,76)77/h3,5-6,8-11,14-19,21-24,42-43,45,57,61H,4,7,12-13,20,25-41,44,46-49H2,1-2H3,(H,78,90)/t61-,68-/m0/s1. The van der Waals surface area contributed by atoms with Crippen molar-refractivity contribution in [2.24, 2.45) is 0 Å². The van der Waals surface area contributed by atoms with Crippen LogP contribution in [0.15, 0.2) is 121 Å². The third-order valence-electron chi connectivity index (χ3n) is 19.3. The number of unbranched alkanes of at least 4 members (excludes halogenated alkanes) is 2. The number of nitrogens with one attached hydrogen (secondary N) is 1. The van der Waals surface area contributed by atoms with Crippen LogP contribution in [0.5, 0.6) is 0 Å². The van der Waals surface area contributed by atoms with Gasteiger partial charge in [-0.15, -0.1) is 0 Å². The topological polar surface area (TPSA) is 148 Å². The van der Waals surface area contributed by atoms with Gasteiger partial charge in [0.05, 0.1) is 36.0 Å². The lowest BCUT2D eigenvalue weighted by Crippen LogP contribution is -2.51. The molecule has 16 nitrogen and oxygen atoms in total. The molecule has 0 unspecified atom stereocenters. The summed E-state index contributed by atoms with van der Waals surface area (Å²) in [4.78, 5) is 79.7. The van der Waals surface area contributed by atoms with Gasteiger partial charge in [-0.25, -0.2) is 9.18 Å². The molecule has 4 heterocycles. The molecule has 1 aliphatic carbocycles. The lowest BCUT2D eigenvalue weighted by molar-refractivity contribution is -0.143. The number of piperidine rings is 2. The van der Waals surface area contributed by atoms with Crippen LogP contribution >= 0.6 is 0 Å². The summed E-state index contributed by atoms with van der Waals surface area (Å²) in [6, 6.07) is 32.0. The second-order valence-electron chi connectivity index (χ2n) is 25.4. The number of hydrogen-bond donors (Lipinski definition) is 1. The lowest BCUT2D eigenvalue weighted by atomic mass is 9.72. The van der Waals surface area contributed by atoms with Gasteiger partial charge in [-0.05, 0) is 136 Å². The molecule has 10 rings (SSSR count). The van der Waals surface area contributed by atoms with Gasteiger partial charge in [0.25, 0.3) is 5.91 Å². The Morgan fingerprint density at radius 3 is 2.05 bits per heavy atom. The Morgan fingerprint density at radius 1 is 0.677 bits per heavy atom. The van der Waals surface area contributed by atoms with E-state index in [0.717, 1.165) is 86.4 Å². The number of halogens is 7. The number of hydrogen-bond acceptors (Lipinski definition) is 11. The summed E-state index contributed by atoms with van der Waals surface area (Å²) in [6.07, 6.45) is -3.92. The van der Waals surface area contributed by atoms with E-state index < -0.39 is 64.6 Å². The van der Waals surface area contributed by atoms with Crippen LogP contribution in [0.2, 0.25) is 0 Å². The summed E-state index contributed by atoms with van der Waals surface area (Å²) in [5.74, 6) is -1.60. The Bertz CT molecular complexity index is 3350. The number of carbonyl (C=O) groups is 5. The second kappa shape index (κ2) is 30.3. The first kappa shape index (κ1) is 68.4. The van der Waals surface area contributed by atoms with Crippen LogP contribution in [0, 0.1) is 5.82 Å². The quantitative estimate of drug-likeness (QED) is 0.0465. The third kappa shape index (κ3) is 17.3. The van der Waals surface area contributed by atoms with Crippen molar-refractivity contribution in [2.45, 2.75) is 106 Å². The van der Waals surface area contributed by atoms with Crippen molar-refractivity contribution in [1.29, 1.82) is 0 Å². The molecular formula is C70H83F7N8O8. The molecule has 1 spiro atoms. The average molecular weight is 1300 g/mol. The summed E-state index contributed by atoms with van der Waals surface area (Å²) >= 11 is 0. The van der Waals surface area contributed by atoms with Gasteiger partial charge in [0, 0.05) is 96.0 Å². The average Bonchev–Trinajstić information content (AvgIpc) is 1.61. The monoisotopic (exact) mass is 1300 g/mol. The molecule has 2 atom stereocenters. The molecule has 4 aliphatic heterocycles. The van der Waals surface area contributed by atoms with Crippen molar-refractivity contribution in [2.75, 3.05) is 124 Å². The number of anilines is 1. The number of alkyl halides is 6. The zero-order chi connectivity index (χ0) is 65.9. The molecule has 0 bridgehead atoms. The van der Waals surface area contributed by atoms with E-state index in [0.29, 0.717) is 108 Å². The van der Waals surface area contributed by atoms with Crippen LogP contribution < -0.4 is 5.32 Å². The molecule has 23 heteroatoms. The van der Waals surface area contributed by atoms with Gasteiger partial charge in [-0.3, -0.25) is 29.4 Å². The van der Waals surface area contributed by atoms with Crippen molar-refractivity contribution in [3.63, 3.8) is 0 Å². The maximum Gasteiger partial charge on any atom is 0.416 e. The predicted octanol–water partition coefficient (Wildman–Crippen LogP) is 10.9. The minimum absolute atomic E-state index is 0.0266. The number of piperazine rings is 1. The minimum Gasteiger partial charge on any atom is -0.446 e. The number of fused-ring (bicyclic) bond motifs is 2. The molecule has 500 valence electrons. The smallest absolute Gasteiger partial charge is 0.416 e. The molecule has 4 fully saturated rings. The van der Waals surface area contributed by atoms with E-state index >= 15 is 0 Å². The zero-order valence-corrected chi connectivity index (χ0v) is 52.8. The molecule has 1 N–H and O–H groups in total. The third-order valence-corrected chi connectivity index (χ3v) is 19.3. The molecule has 0 radical (unpaired) electrons. The SMILES string of the molecule is CN(CCN1CCC(OC(=O)Nc2ccccc2-c2ccccc2)CC1)C(=O)CCCCCN1CCN(CCCN(C)C(=O)CO[C@H]2Cc3ccccc3C23CCN(CC[C@@]2(c4ccc(F)cc4)CN(C(=O)c4cc(C(F)(F)F)cc(C(F)(F)F)c4)CO2)CC3)C(=O)C1. The van der Waals surface area contributed by atoms with Gasteiger partial charge in [0.1, 0.15) is 30.9 Å². The van der Waals surface area contributed by atoms with Crippen LogP contribution in [0.3, 0.4) is 0 Å². The Kier molecular flexibility index (Phi) is 22.3. The van der Waals surface area contributed by atoms with Crippen molar-refractivity contribution < 1.29 is 68.9 Å². The van der Waals surface area contributed by atoms with E-state index in [1.807, 2.05) is 78.7 Å². The number of ether oxygens (including phenoxy) is 3. The fourth-order valence-electron chi connectivity index (χ4n) is 13.8. The molecule has 4 saturated heterocycles. The Morgan fingerprint density at radius 2 is 1.34 bits per heavy atom. The van der Waals surface area contributed by atoms with Crippen LogP contribution in [-0.4, -0.2) is 195 Å². The second-order valence-corrected chi connectivity index (χ2v) is 25.4. The highest BCUT2D eigenvalue weighted by molar-refractivity contribution is 5.95. The highest BCUT2D eigenvalue weighted by Gasteiger charge is 2.50. The minimum atomic E-state index is -5.15. The summed E-state index contributed by atoms with van der Waals surface area (Å²) in [5.41, 5.74) is -0.200. The van der Waals surface area contributed by atoms with Gasteiger partial charge in [0.15, 0.2) is 0 Å². The largest absolute Gasteiger partial charge is 0.446 e. The molecular weight excluding hydrogens is 1210 g/mol.